The van der Waals surface area contributed by atoms with Crippen LogP contribution in [0.1, 0.15) is 36.5 Å². The van der Waals surface area contributed by atoms with Gasteiger partial charge in [0.15, 0.2) is 5.17 Å². The first-order valence-electron chi connectivity index (χ1n) is 7.90. The summed E-state index contributed by atoms with van der Waals surface area (Å²) in [6.07, 6.45) is 5.87. The second-order valence-electron chi connectivity index (χ2n) is 6.38. The summed E-state index contributed by atoms with van der Waals surface area (Å²) in [6.45, 7) is 2.08. The van der Waals surface area contributed by atoms with Gasteiger partial charge in [-0.1, -0.05) is 42.1 Å². The summed E-state index contributed by atoms with van der Waals surface area (Å²) in [5.74, 6) is 2.97. The van der Waals surface area contributed by atoms with Gasteiger partial charge in [-0.2, -0.15) is 0 Å². The van der Waals surface area contributed by atoms with Crippen LogP contribution in [0.25, 0.3) is 0 Å². The van der Waals surface area contributed by atoms with E-state index in [1.54, 1.807) is 0 Å². The van der Waals surface area contributed by atoms with E-state index < -0.39 is 0 Å². The van der Waals surface area contributed by atoms with Gasteiger partial charge in [-0.05, 0) is 49.0 Å². The van der Waals surface area contributed by atoms with Gasteiger partial charge >= 0.3 is 0 Å². The number of amidine groups is 1. The predicted octanol–water partition coefficient (Wildman–Crippen LogP) is 3.86. The Kier molecular flexibility index (Phi) is 3.47. The number of nitrogens with one attached hydrogen (secondary N) is 1. The van der Waals surface area contributed by atoms with E-state index in [2.05, 4.69) is 35.6 Å². The van der Waals surface area contributed by atoms with Gasteiger partial charge in [0.1, 0.15) is 0 Å². The summed E-state index contributed by atoms with van der Waals surface area (Å²) >= 11 is 1.91. The molecule has 3 aliphatic rings. The number of thioether (sulfide) groups is 1. The Labute approximate surface area is 125 Å². The first-order valence-corrected chi connectivity index (χ1v) is 8.78. The lowest BCUT2D eigenvalue weighted by Crippen LogP contribution is -2.28. The van der Waals surface area contributed by atoms with Crippen LogP contribution in [-0.4, -0.2) is 18.3 Å². The fraction of sp³-hybridized carbons (Fsp3) is 0.588. The van der Waals surface area contributed by atoms with Gasteiger partial charge in [-0.3, -0.25) is 4.99 Å². The Morgan fingerprint density at radius 2 is 1.80 bits per heavy atom. The molecule has 1 aromatic rings. The van der Waals surface area contributed by atoms with E-state index in [-0.39, 0.29) is 0 Å². The van der Waals surface area contributed by atoms with Crippen LogP contribution >= 0.6 is 11.8 Å². The molecule has 0 aromatic heterocycles. The van der Waals surface area contributed by atoms with Crippen LogP contribution in [-0.2, 0) is 0 Å². The summed E-state index contributed by atoms with van der Waals surface area (Å²) in [5, 5.41) is 5.32. The van der Waals surface area contributed by atoms with Crippen molar-refractivity contribution in [2.45, 2.75) is 30.9 Å². The first-order chi connectivity index (χ1) is 9.90. The molecule has 3 heteroatoms. The molecule has 0 spiro atoms. The molecule has 2 nitrogen and oxygen atoms in total. The van der Waals surface area contributed by atoms with Crippen LogP contribution in [0.2, 0.25) is 0 Å². The highest BCUT2D eigenvalue weighted by Gasteiger charge is 2.41. The average molecular weight is 286 g/mol. The molecule has 2 aliphatic carbocycles. The minimum absolute atomic E-state index is 0.513. The lowest BCUT2D eigenvalue weighted by atomic mass is 9.98. The van der Waals surface area contributed by atoms with Crippen molar-refractivity contribution in [3.05, 3.63) is 35.9 Å². The molecule has 1 heterocycles. The highest BCUT2D eigenvalue weighted by Crippen LogP contribution is 2.49. The zero-order valence-corrected chi connectivity index (χ0v) is 12.6. The Morgan fingerprint density at radius 1 is 1.10 bits per heavy atom. The van der Waals surface area contributed by atoms with Gasteiger partial charge in [0.25, 0.3) is 0 Å². The highest BCUT2D eigenvalue weighted by molar-refractivity contribution is 8.14. The minimum atomic E-state index is 0.513. The van der Waals surface area contributed by atoms with Crippen LogP contribution in [0.4, 0.5) is 0 Å². The SMILES string of the molecule is c1ccc(C2CN=C(NCC(C3CC3)C3CC3)S2)cc1. The van der Waals surface area contributed by atoms with Crippen molar-refractivity contribution in [2.24, 2.45) is 22.7 Å². The summed E-state index contributed by atoms with van der Waals surface area (Å²) < 4.78 is 0. The van der Waals surface area contributed by atoms with Crippen LogP contribution in [0.5, 0.6) is 0 Å². The Balaban J connectivity index is 1.30. The zero-order valence-electron chi connectivity index (χ0n) is 11.8. The third-order valence-electron chi connectivity index (χ3n) is 4.77. The third-order valence-corrected chi connectivity index (χ3v) is 5.97. The maximum Gasteiger partial charge on any atom is 0.157 e. The number of hydrogen-bond acceptors (Lipinski definition) is 3. The van der Waals surface area contributed by atoms with Crippen molar-refractivity contribution in [1.82, 2.24) is 5.32 Å². The van der Waals surface area contributed by atoms with Crippen molar-refractivity contribution in [3.63, 3.8) is 0 Å². The number of benzene rings is 1. The van der Waals surface area contributed by atoms with Gasteiger partial charge in [-0.15, -0.1) is 0 Å². The molecular weight excluding hydrogens is 264 g/mol. The molecule has 20 heavy (non-hydrogen) atoms. The molecule has 106 valence electrons. The standard InChI is InChI=1S/C17H22N2S/c1-2-4-14(5-3-1)16-11-19-17(20-16)18-10-15(12-6-7-12)13-8-9-13/h1-5,12-13,15-16H,6-11H2,(H,18,19). The summed E-state index contributed by atoms with van der Waals surface area (Å²) in [5.41, 5.74) is 1.40. The minimum Gasteiger partial charge on any atom is -0.365 e. The van der Waals surface area contributed by atoms with E-state index in [9.17, 15) is 0 Å². The molecule has 0 bridgehead atoms. The first kappa shape index (κ1) is 12.8. The van der Waals surface area contributed by atoms with Crippen LogP contribution in [0, 0.1) is 17.8 Å². The summed E-state index contributed by atoms with van der Waals surface area (Å²) in [7, 11) is 0. The maximum absolute atomic E-state index is 4.69. The molecule has 1 aromatic carbocycles. The quantitative estimate of drug-likeness (QED) is 0.889. The fourth-order valence-electron chi connectivity index (χ4n) is 3.29. The van der Waals surface area contributed by atoms with Crippen molar-refractivity contribution in [3.8, 4) is 0 Å². The Hall–Kier alpha value is -0.960. The monoisotopic (exact) mass is 286 g/mol. The number of hydrogen-bond donors (Lipinski definition) is 1. The fourth-order valence-corrected chi connectivity index (χ4v) is 4.31. The molecule has 1 aliphatic heterocycles. The largest absolute Gasteiger partial charge is 0.365 e. The second kappa shape index (κ2) is 5.44. The molecule has 0 amide bonds. The Bertz CT molecular complexity index is 479. The van der Waals surface area contributed by atoms with Gasteiger partial charge in [0.2, 0.25) is 0 Å². The lowest BCUT2D eigenvalue weighted by Gasteiger charge is -2.17. The molecule has 1 atom stereocenters. The second-order valence-corrected chi connectivity index (χ2v) is 7.57. The third kappa shape index (κ3) is 2.88. The molecule has 1 unspecified atom stereocenters. The lowest BCUT2D eigenvalue weighted by molar-refractivity contribution is 0.403. The van der Waals surface area contributed by atoms with Crippen molar-refractivity contribution >= 4 is 16.9 Å². The van der Waals surface area contributed by atoms with Crippen molar-refractivity contribution in [2.75, 3.05) is 13.1 Å². The van der Waals surface area contributed by atoms with E-state index >= 15 is 0 Å². The van der Waals surface area contributed by atoms with Gasteiger partial charge in [0, 0.05) is 6.54 Å². The van der Waals surface area contributed by atoms with Gasteiger partial charge in [0.05, 0.1) is 11.8 Å². The van der Waals surface area contributed by atoms with E-state index in [0.717, 1.165) is 30.8 Å². The van der Waals surface area contributed by atoms with Gasteiger partial charge < -0.3 is 5.32 Å². The Morgan fingerprint density at radius 3 is 2.45 bits per heavy atom. The van der Waals surface area contributed by atoms with Crippen LogP contribution in [0.3, 0.4) is 0 Å². The van der Waals surface area contributed by atoms with E-state index in [1.165, 1.54) is 36.4 Å². The summed E-state index contributed by atoms with van der Waals surface area (Å²) in [6, 6.07) is 10.8. The van der Waals surface area contributed by atoms with Crippen LogP contribution in [0.15, 0.2) is 35.3 Å². The van der Waals surface area contributed by atoms with Crippen LogP contribution < -0.4 is 5.32 Å². The average Bonchev–Trinajstić information content (AvgIpc) is 3.41. The molecular formula is C17H22N2S. The molecule has 4 rings (SSSR count). The zero-order chi connectivity index (χ0) is 13.4. The van der Waals surface area contributed by atoms with E-state index in [4.69, 9.17) is 4.99 Å². The smallest absolute Gasteiger partial charge is 0.157 e. The maximum atomic E-state index is 4.69. The summed E-state index contributed by atoms with van der Waals surface area (Å²) in [4.78, 5) is 4.69. The predicted molar refractivity (Wildman–Crippen MR) is 86.0 cm³/mol. The number of nitrogens with zero attached hydrogens (tertiary/aromatic N) is 1. The van der Waals surface area contributed by atoms with Crippen molar-refractivity contribution < 1.29 is 0 Å². The molecule has 2 saturated carbocycles. The normalized spacial score (nSPS) is 25.9. The molecule has 1 N–H and O–H groups in total. The molecule has 0 saturated heterocycles. The highest BCUT2D eigenvalue weighted by atomic mass is 32.2. The van der Waals surface area contributed by atoms with E-state index in [0.29, 0.717) is 5.25 Å². The topological polar surface area (TPSA) is 24.4 Å². The molecule has 2 fully saturated rings. The van der Waals surface area contributed by atoms with Gasteiger partial charge in [-0.25, -0.2) is 0 Å². The molecule has 0 radical (unpaired) electrons. The number of rotatable bonds is 5. The van der Waals surface area contributed by atoms with Crippen molar-refractivity contribution in [1.29, 1.82) is 0 Å². The number of aliphatic imine (C=N–C) groups is 1. The van der Waals surface area contributed by atoms with E-state index in [1.807, 2.05) is 11.8 Å².